The molecule has 0 radical (unpaired) electrons. The van der Waals surface area contributed by atoms with Crippen molar-refractivity contribution in [3.8, 4) is 0 Å². The Labute approximate surface area is 161 Å². The maximum absolute atomic E-state index is 13.7. The van der Waals surface area contributed by atoms with Crippen LogP contribution in [-0.4, -0.2) is 23.1 Å². The first-order valence-corrected chi connectivity index (χ1v) is 6.89. The Bertz CT molecular complexity index is 716. The molecular weight excluding hydrogens is 342 g/mol. The topological polar surface area (TPSA) is 23.1 Å². The van der Waals surface area contributed by atoms with Crippen molar-refractivity contribution in [2.75, 3.05) is 0 Å². The molecule has 24 heavy (non-hydrogen) atoms. The van der Waals surface area contributed by atoms with Crippen molar-refractivity contribution in [3.63, 3.8) is 0 Å². The zero-order valence-corrected chi connectivity index (χ0v) is 14.9. The Balaban J connectivity index is 0.00000144. The Morgan fingerprint density at radius 2 is 0.917 bits per heavy atom. The van der Waals surface area contributed by atoms with E-state index in [0.29, 0.717) is 16.7 Å². The standard InChI is InChI=1S/C19H13F2O.ClH.Mg/c20-17-10-6-15(7-11-17)19(22,14-4-2-1-3-5-14)16-8-12-18(21)13-9-16;;/h1-13H;1H;/q-1;;+2/p-1. The summed E-state index contributed by atoms with van der Waals surface area (Å²) in [5.74, 6) is -0.809. The van der Waals surface area contributed by atoms with Crippen LogP contribution in [0, 0.1) is 11.6 Å². The second-order valence-electron chi connectivity index (χ2n) is 5.06. The molecule has 0 bridgehead atoms. The fourth-order valence-electron chi connectivity index (χ4n) is 2.54. The van der Waals surface area contributed by atoms with E-state index in [2.05, 4.69) is 0 Å². The van der Waals surface area contributed by atoms with Gasteiger partial charge in [-0.15, -0.1) is 0 Å². The van der Waals surface area contributed by atoms with Gasteiger partial charge in [0.2, 0.25) is 0 Å². The molecule has 5 heteroatoms. The van der Waals surface area contributed by atoms with E-state index in [9.17, 15) is 13.9 Å². The first-order chi connectivity index (χ1) is 10.6. The van der Waals surface area contributed by atoms with Gasteiger partial charge < -0.3 is 17.5 Å². The monoisotopic (exact) mass is 354 g/mol. The quantitative estimate of drug-likeness (QED) is 0.488. The summed E-state index contributed by atoms with van der Waals surface area (Å²) in [4.78, 5) is 0. The van der Waals surface area contributed by atoms with Crippen molar-refractivity contribution in [1.29, 1.82) is 0 Å². The molecule has 0 aliphatic rings. The molecule has 0 aliphatic heterocycles. The Hall–Kier alpha value is -1.46. The summed E-state index contributed by atoms with van der Waals surface area (Å²) in [5.41, 5.74) is -0.380. The van der Waals surface area contributed by atoms with Crippen molar-refractivity contribution >= 4 is 23.1 Å². The maximum atomic E-state index is 13.7. The van der Waals surface area contributed by atoms with Crippen LogP contribution in [0.2, 0.25) is 0 Å². The van der Waals surface area contributed by atoms with Crippen LogP contribution in [0.4, 0.5) is 8.78 Å². The number of hydrogen-bond acceptors (Lipinski definition) is 1. The fourth-order valence-corrected chi connectivity index (χ4v) is 2.54. The second-order valence-corrected chi connectivity index (χ2v) is 5.06. The summed E-state index contributed by atoms with van der Waals surface area (Å²) in [6, 6.07) is 19.7. The van der Waals surface area contributed by atoms with Crippen molar-refractivity contribution in [1.82, 2.24) is 0 Å². The minimum Gasteiger partial charge on any atom is -1.00 e. The summed E-state index contributed by atoms with van der Waals surface area (Å²) < 4.78 is 26.4. The van der Waals surface area contributed by atoms with Crippen molar-refractivity contribution in [3.05, 3.63) is 107 Å². The smallest absolute Gasteiger partial charge is 1.00 e. The summed E-state index contributed by atoms with van der Waals surface area (Å²) in [5, 5.41) is 13.7. The largest absolute Gasteiger partial charge is 2.00 e. The molecule has 0 saturated carbocycles. The van der Waals surface area contributed by atoms with Crippen LogP contribution in [0.3, 0.4) is 0 Å². The Morgan fingerprint density at radius 1 is 0.583 bits per heavy atom. The van der Waals surface area contributed by atoms with Gasteiger partial charge in [-0.05, 0) is 46.6 Å². The Morgan fingerprint density at radius 3 is 1.29 bits per heavy atom. The molecule has 0 saturated heterocycles. The van der Waals surface area contributed by atoms with Gasteiger partial charge in [0.1, 0.15) is 11.6 Å². The SMILES string of the molecule is [Cl-].[Mg+2].[O-]C(c1ccccc1)(c1ccc(F)cc1)c1ccc(F)cc1. The first kappa shape index (κ1) is 20.6. The van der Waals surface area contributed by atoms with Crippen molar-refractivity contribution < 1.29 is 26.3 Å². The van der Waals surface area contributed by atoms with Crippen LogP contribution in [0.25, 0.3) is 0 Å². The predicted molar refractivity (Wildman–Crippen MR) is 84.9 cm³/mol. The van der Waals surface area contributed by atoms with Gasteiger partial charge >= 0.3 is 23.1 Å². The minimum absolute atomic E-state index is 0. The van der Waals surface area contributed by atoms with E-state index < -0.39 is 17.2 Å². The molecule has 0 aromatic heterocycles. The third kappa shape index (κ3) is 3.95. The third-order valence-corrected chi connectivity index (χ3v) is 3.68. The molecule has 0 unspecified atom stereocenters. The molecule has 0 N–H and O–H groups in total. The molecule has 0 atom stereocenters. The summed E-state index contributed by atoms with van der Waals surface area (Å²) >= 11 is 0. The average molecular weight is 355 g/mol. The van der Waals surface area contributed by atoms with Gasteiger partial charge in [0.15, 0.2) is 0 Å². The van der Waals surface area contributed by atoms with Gasteiger partial charge in [0.05, 0.1) is 0 Å². The predicted octanol–water partition coefficient (Wildman–Crippen LogP) is 0.240. The molecule has 0 aliphatic carbocycles. The molecular formula is C19H13ClF2MgO. The van der Waals surface area contributed by atoms with Crippen molar-refractivity contribution in [2.45, 2.75) is 5.60 Å². The van der Waals surface area contributed by atoms with Crippen LogP contribution >= 0.6 is 0 Å². The normalized spacial score (nSPS) is 10.5. The van der Waals surface area contributed by atoms with Crippen LogP contribution in [0.1, 0.15) is 16.7 Å². The van der Waals surface area contributed by atoms with E-state index in [0.717, 1.165) is 0 Å². The first-order valence-electron chi connectivity index (χ1n) is 6.89. The molecule has 1 nitrogen and oxygen atoms in total. The molecule has 0 spiro atoms. The van der Waals surface area contributed by atoms with Crippen LogP contribution < -0.4 is 17.5 Å². The van der Waals surface area contributed by atoms with E-state index in [1.54, 1.807) is 24.3 Å². The molecule has 3 aromatic rings. The van der Waals surface area contributed by atoms with Gasteiger partial charge in [-0.2, -0.15) is 0 Å². The van der Waals surface area contributed by atoms with E-state index >= 15 is 0 Å². The molecule has 3 rings (SSSR count). The van der Waals surface area contributed by atoms with Crippen LogP contribution in [0.15, 0.2) is 78.9 Å². The molecule has 3 aromatic carbocycles. The van der Waals surface area contributed by atoms with Crippen LogP contribution in [-0.2, 0) is 5.60 Å². The van der Waals surface area contributed by atoms with Gasteiger partial charge in [-0.3, -0.25) is 0 Å². The summed E-state index contributed by atoms with van der Waals surface area (Å²) in [7, 11) is 0. The number of halogens is 3. The van der Waals surface area contributed by atoms with Gasteiger partial charge in [0, 0.05) is 0 Å². The molecule has 0 amide bonds. The van der Waals surface area contributed by atoms with Gasteiger partial charge in [-0.25, -0.2) is 8.78 Å². The maximum Gasteiger partial charge on any atom is 2.00 e. The van der Waals surface area contributed by atoms with E-state index in [-0.39, 0.29) is 35.5 Å². The van der Waals surface area contributed by atoms with Gasteiger partial charge in [0.25, 0.3) is 0 Å². The molecule has 118 valence electrons. The van der Waals surface area contributed by atoms with Crippen LogP contribution in [0.5, 0.6) is 0 Å². The summed E-state index contributed by atoms with van der Waals surface area (Å²) in [6.45, 7) is 0. The average Bonchev–Trinajstić information content (AvgIpc) is 2.56. The summed E-state index contributed by atoms with van der Waals surface area (Å²) in [6.07, 6.45) is 0. The number of hydrogen-bond donors (Lipinski definition) is 0. The minimum atomic E-state index is -1.72. The fraction of sp³-hybridized carbons (Fsp3) is 0.0526. The number of benzene rings is 3. The molecule has 0 fully saturated rings. The number of rotatable bonds is 3. The zero-order chi connectivity index (χ0) is 15.6. The zero-order valence-electron chi connectivity index (χ0n) is 12.8. The van der Waals surface area contributed by atoms with E-state index in [1.165, 1.54) is 48.5 Å². The third-order valence-electron chi connectivity index (χ3n) is 3.68. The van der Waals surface area contributed by atoms with Gasteiger partial charge in [-0.1, -0.05) is 54.6 Å². The van der Waals surface area contributed by atoms with E-state index in [1.807, 2.05) is 6.07 Å². The Kier molecular flexibility index (Phi) is 7.36. The van der Waals surface area contributed by atoms with Crippen molar-refractivity contribution in [2.24, 2.45) is 0 Å². The van der Waals surface area contributed by atoms with E-state index in [4.69, 9.17) is 0 Å². The second kappa shape index (κ2) is 8.58. The molecule has 0 heterocycles.